The Balaban J connectivity index is 3.65. The molecule has 0 saturated carbocycles. The maximum atomic E-state index is 11.5. The van der Waals surface area contributed by atoms with E-state index in [0.717, 1.165) is 19.3 Å². The zero-order chi connectivity index (χ0) is 13.8. The van der Waals surface area contributed by atoms with Crippen LogP contribution in [0.25, 0.3) is 0 Å². The summed E-state index contributed by atoms with van der Waals surface area (Å²) in [5.74, 6) is -1.21. The van der Waals surface area contributed by atoms with Gasteiger partial charge in [-0.25, -0.2) is 4.79 Å². The zero-order valence-electron chi connectivity index (χ0n) is 11.3. The fourth-order valence-corrected chi connectivity index (χ4v) is 1.76. The number of hydrogen-bond acceptors (Lipinski definition) is 3. The van der Waals surface area contributed by atoms with Crippen LogP contribution in [0.15, 0.2) is 0 Å². The molecular formula is C13H26N2O3. The molecule has 0 aromatic heterocycles. The van der Waals surface area contributed by atoms with Crippen molar-refractivity contribution in [2.45, 2.75) is 64.3 Å². The number of aliphatic carboxylic acids is 1. The van der Waals surface area contributed by atoms with Crippen molar-refractivity contribution in [1.29, 1.82) is 0 Å². The van der Waals surface area contributed by atoms with E-state index in [9.17, 15) is 9.59 Å². The number of hydrogen-bond donors (Lipinski definition) is 3. The summed E-state index contributed by atoms with van der Waals surface area (Å²) in [5, 5.41) is 11.4. The summed E-state index contributed by atoms with van der Waals surface area (Å²) >= 11 is 0. The van der Waals surface area contributed by atoms with E-state index in [-0.39, 0.29) is 18.9 Å². The van der Waals surface area contributed by atoms with E-state index in [2.05, 4.69) is 12.2 Å². The van der Waals surface area contributed by atoms with Gasteiger partial charge in [-0.05, 0) is 19.4 Å². The molecule has 0 aliphatic carbocycles. The number of carboxylic acids is 1. The lowest BCUT2D eigenvalue weighted by atomic mass is 10.1. The standard InChI is InChI=1S/C13H26N2O3/c1-2-3-4-5-6-7-8-12(16)15-11(9-10-14)13(17)18/h11H,2-10,14H2,1H3,(H,15,16)(H,17,18)/t11-/m0/s1. The van der Waals surface area contributed by atoms with E-state index < -0.39 is 12.0 Å². The van der Waals surface area contributed by atoms with Crippen LogP contribution in [0.5, 0.6) is 0 Å². The normalized spacial score (nSPS) is 12.1. The Hall–Kier alpha value is -1.10. The van der Waals surface area contributed by atoms with Gasteiger partial charge in [0, 0.05) is 6.42 Å². The van der Waals surface area contributed by atoms with Crippen molar-refractivity contribution >= 4 is 11.9 Å². The maximum Gasteiger partial charge on any atom is 0.326 e. The number of nitrogens with two attached hydrogens (primary N) is 1. The molecule has 1 amide bonds. The lowest BCUT2D eigenvalue weighted by Gasteiger charge is -2.13. The Bertz CT molecular complexity index is 244. The maximum absolute atomic E-state index is 11.5. The van der Waals surface area contributed by atoms with Gasteiger partial charge >= 0.3 is 5.97 Å². The molecule has 0 saturated heterocycles. The van der Waals surface area contributed by atoms with Gasteiger partial charge in [-0.2, -0.15) is 0 Å². The predicted octanol–water partition coefficient (Wildman–Crippen LogP) is 1.66. The van der Waals surface area contributed by atoms with Crippen molar-refractivity contribution in [2.75, 3.05) is 6.54 Å². The third-order valence-corrected chi connectivity index (χ3v) is 2.85. The summed E-state index contributed by atoms with van der Waals surface area (Å²) in [6, 6.07) is -0.845. The molecule has 0 radical (unpaired) electrons. The van der Waals surface area contributed by atoms with Gasteiger partial charge in [-0.15, -0.1) is 0 Å². The Morgan fingerprint density at radius 1 is 1.17 bits per heavy atom. The second-order valence-electron chi connectivity index (χ2n) is 4.55. The largest absolute Gasteiger partial charge is 0.480 e. The van der Waals surface area contributed by atoms with E-state index in [1.165, 1.54) is 19.3 Å². The van der Waals surface area contributed by atoms with E-state index in [0.29, 0.717) is 6.42 Å². The smallest absolute Gasteiger partial charge is 0.326 e. The van der Waals surface area contributed by atoms with Crippen molar-refractivity contribution in [1.82, 2.24) is 5.32 Å². The highest BCUT2D eigenvalue weighted by Gasteiger charge is 2.18. The number of rotatable bonds is 11. The van der Waals surface area contributed by atoms with Crippen molar-refractivity contribution < 1.29 is 14.7 Å². The van der Waals surface area contributed by atoms with Crippen LogP contribution in [-0.2, 0) is 9.59 Å². The van der Waals surface area contributed by atoms with Gasteiger partial charge in [-0.1, -0.05) is 39.0 Å². The topological polar surface area (TPSA) is 92.4 Å². The highest BCUT2D eigenvalue weighted by Crippen LogP contribution is 2.07. The lowest BCUT2D eigenvalue weighted by Crippen LogP contribution is -2.41. The molecule has 0 spiro atoms. The number of carboxylic acid groups (broad SMARTS) is 1. The van der Waals surface area contributed by atoms with Crippen LogP contribution >= 0.6 is 0 Å². The van der Waals surface area contributed by atoms with Gasteiger partial charge in [-0.3, -0.25) is 4.79 Å². The summed E-state index contributed by atoms with van der Waals surface area (Å²) in [7, 11) is 0. The van der Waals surface area contributed by atoms with E-state index in [4.69, 9.17) is 10.8 Å². The van der Waals surface area contributed by atoms with Crippen molar-refractivity contribution in [3.8, 4) is 0 Å². The van der Waals surface area contributed by atoms with Gasteiger partial charge in [0.25, 0.3) is 0 Å². The van der Waals surface area contributed by atoms with E-state index >= 15 is 0 Å². The minimum atomic E-state index is -1.02. The Morgan fingerprint density at radius 3 is 2.33 bits per heavy atom. The van der Waals surface area contributed by atoms with Crippen LogP contribution in [-0.4, -0.2) is 29.6 Å². The average Bonchev–Trinajstić information content (AvgIpc) is 2.33. The van der Waals surface area contributed by atoms with Gasteiger partial charge in [0.15, 0.2) is 0 Å². The predicted molar refractivity (Wildman–Crippen MR) is 71.2 cm³/mol. The molecule has 0 aromatic carbocycles. The molecule has 4 N–H and O–H groups in total. The van der Waals surface area contributed by atoms with Crippen LogP contribution in [0.1, 0.15) is 58.3 Å². The molecule has 0 aromatic rings. The van der Waals surface area contributed by atoms with Crippen molar-refractivity contribution in [3.05, 3.63) is 0 Å². The number of carbonyl (C=O) groups is 2. The van der Waals surface area contributed by atoms with Gasteiger partial charge in [0.1, 0.15) is 6.04 Å². The minimum absolute atomic E-state index is 0.189. The molecule has 0 bridgehead atoms. The minimum Gasteiger partial charge on any atom is -0.480 e. The van der Waals surface area contributed by atoms with Gasteiger partial charge in [0.05, 0.1) is 0 Å². The lowest BCUT2D eigenvalue weighted by molar-refractivity contribution is -0.142. The van der Waals surface area contributed by atoms with Crippen LogP contribution in [0, 0.1) is 0 Å². The van der Waals surface area contributed by atoms with Crippen LogP contribution in [0.3, 0.4) is 0 Å². The number of nitrogens with one attached hydrogen (secondary N) is 1. The number of carbonyl (C=O) groups excluding carboxylic acids is 1. The molecule has 0 unspecified atom stereocenters. The Labute approximate surface area is 109 Å². The fraction of sp³-hybridized carbons (Fsp3) is 0.846. The molecule has 5 heteroatoms. The zero-order valence-corrected chi connectivity index (χ0v) is 11.3. The van der Waals surface area contributed by atoms with Crippen molar-refractivity contribution in [2.24, 2.45) is 5.73 Å². The molecule has 0 heterocycles. The van der Waals surface area contributed by atoms with Gasteiger partial charge in [0.2, 0.25) is 5.91 Å². The van der Waals surface area contributed by atoms with Gasteiger partial charge < -0.3 is 16.2 Å². The molecule has 5 nitrogen and oxygen atoms in total. The summed E-state index contributed by atoms with van der Waals surface area (Å²) in [5.41, 5.74) is 5.30. The Morgan fingerprint density at radius 2 is 1.78 bits per heavy atom. The second kappa shape index (κ2) is 11.0. The number of unbranched alkanes of at least 4 members (excludes halogenated alkanes) is 5. The molecule has 106 valence electrons. The fourth-order valence-electron chi connectivity index (χ4n) is 1.76. The first-order valence-corrected chi connectivity index (χ1v) is 6.84. The summed E-state index contributed by atoms with van der Waals surface area (Å²) < 4.78 is 0. The highest BCUT2D eigenvalue weighted by molar-refractivity contribution is 5.83. The van der Waals surface area contributed by atoms with Crippen LogP contribution < -0.4 is 11.1 Å². The van der Waals surface area contributed by atoms with E-state index in [1.807, 2.05) is 0 Å². The van der Waals surface area contributed by atoms with Crippen LogP contribution in [0.2, 0.25) is 0 Å². The summed E-state index contributed by atoms with van der Waals surface area (Å²) in [6.45, 7) is 2.42. The first-order valence-electron chi connectivity index (χ1n) is 6.84. The van der Waals surface area contributed by atoms with Crippen LogP contribution in [0.4, 0.5) is 0 Å². The first kappa shape index (κ1) is 16.9. The SMILES string of the molecule is CCCCCCCCC(=O)N[C@@H](CCN)C(=O)O. The quantitative estimate of drug-likeness (QED) is 0.491. The molecule has 0 rings (SSSR count). The second-order valence-corrected chi connectivity index (χ2v) is 4.55. The molecule has 0 aliphatic rings. The average molecular weight is 258 g/mol. The number of amides is 1. The highest BCUT2D eigenvalue weighted by atomic mass is 16.4. The molecule has 0 aliphatic heterocycles. The monoisotopic (exact) mass is 258 g/mol. The molecule has 1 atom stereocenters. The van der Waals surface area contributed by atoms with E-state index in [1.54, 1.807) is 0 Å². The third-order valence-electron chi connectivity index (χ3n) is 2.85. The molecular weight excluding hydrogens is 232 g/mol. The van der Waals surface area contributed by atoms with Crippen molar-refractivity contribution in [3.63, 3.8) is 0 Å². The third kappa shape index (κ3) is 8.98. The summed E-state index contributed by atoms with van der Waals surface area (Å²) in [6.07, 6.45) is 7.34. The molecule has 0 fully saturated rings. The summed E-state index contributed by atoms with van der Waals surface area (Å²) in [4.78, 5) is 22.3. The Kier molecular flexibility index (Phi) is 10.3. The molecule has 18 heavy (non-hydrogen) atoms. The first-order chi connectivity index (χ1) is 8.61.